The fourth-order valence-electron chi connectivity index (χ4n) is 4.93. The molecule has 0 aromatic carbocycles. The number of aromatic nitrogens is 1. The molecule has 2 aliphatic carbocycles. The molecule has 0 unspecified atom stereocenters. The number of aryl methyl sites for hydroxylation is 1. The van der Waals surface area contributed by atoms with Crippen LogP contribution in [0, 0.1) is 25.7 Å². The molecule has 1 aromatic rings. The minimum atomic E-state index is -0.232. The van der Waals surface area contributed by atoms with Crippen LogP contribution in [0.1, 0.15) is 86.5 Å². The van der Waals surface area contributed by atoms with Crippen LogP contribution in [0.3, 0.4) is 0 Å². The number of hydrogen-bond donors (Lipinski definition) is 1. The highest BCUT2D eigenvalue weighted by molar-refractivity contribution is 5.91. The van der Waals surface area contributed by atoms with Crippen molar-refractivity contribution in [2.24, 2.45) is 11.8 Å². The Morgan fingerprint density at radius 3 is 2.39 bits per heavy atom. The number of hydrogen-bond acceptors (Lipinski definition) is 3. The second-order valence-corrected chi connectivity index (χ2v) is 8.68. The lowest BCUT2D eigenvalue weighted by Crippen LogP contribution is -2.41. The smallest absolute Gasteiger partial charge is 0.339 e. The molecule has 2 saturated carbocycles. The third kappa shape index (κ3) is 4.98. The third-order valence-corrected chi connectivity index (χ3v) is 6.68. The topological polar surface area (TPSA) is 60.3 Å². The molecule has 1 N–H and O–H groups in total. The zero-order chi connectivity index (χ0) is 20.1. The molecular formula is C23H36N2O3. The Kier molecular flexibility index (Phi) is 7.19. The van der Waals surface area contributed by atoms with Gasteiger partial charge in [-0.15, -0.1) is 0 Å². The number of amides is 1. The molecule has 1 amide bonds. The van der Waals surface area contributed by atoms with Gasteiger partial charge in [0, 0.05) is 29.9 Å². The van der Waals surface area contributed by atoms with Crippen LogP contribution < -0.4 is 5.32 Å². The number of nitrogens with one attached hydrogen (secondary N) is 1. The number of esters is 1. The van der Waals surface area contributed by atoms with E-state index in [0.29, 0.717) is 24.1 Å². The van der Waals surface area contributed by atoms with Gasteiger partial charge in [-0.05, 0) is 71.3 Å². The Balaban J connectivity index is 1.51. The molecule has 0 aliphatic heterocycles. The van der Waals surface area contributed by atoms with Crippen molar-refractivity contribution in [3.05, 3.63) is 23.0 Å². The van der Waals surface area contributed by atoms with Crippen LogP contribution in [0.15, 0.2) is 6.07 Å². The highest BCUT2D eigenvalue weighted by Crippen LogP contribution is 2.32. The minimum absolute atomic E-state index is 0.181. The highest BCUT2D eigenvalue weighted by Gasteiger charge is 2.29. The summed E-state index contributed by atoms with van der Waals surface area (Å²) in [7, 11) is 0. The van der Waals surface area contributed by atoms with E-state index in [1.54, 1.807) is 0 Å². The molecule has 0 spiro atoms. The standard InChI is InChI=1S/C23H36N2O3/c1-4-28-23(27)21-14-16(2)25(17(21)3)15-18-10-12-19(13-11-18)22(26)24-20-8-6-5-7-9-20/h14,18-20H,4-13,15H2,1-3H3,(H,24,26). The van der Waals surface area contributed by atoms with Gasteiger partial charge in [0.1, 0.15) is 0 Å². The van der Waals surface area contributed by atoms with Gasteiger partial charge in [0.05, 0.1) is 12.2 Å². The molecule has 2 aliphatic rings. The summed E-state index contributed by atoms with van der Waals surface area (Å²) < 4.78 is 7.42. The fourth-order valence-corrected chi connectivity index (χ4v) is 4.93. The maximum atomic E-state index is 12.6. The Bertz CT molecular complexity index is 680. The number of nitrogens with zero attached hydrogens (tertiary/aromatic N) is 1. The van der Waals surface area contributed by atoms with E-state index in [-0.39, 0.29) is 17.8 Å². The number of carbonyl (C=O) groups excluding carboxylic acids is 2. The van der Waals surface area contributed by atoms with Crippen molar-refractivity contribution in [1.82, 2.24) is 9.88 Å². The number of ether oxygens (including phenoxy) is 1. The second kappa shape index (κ2) is 9.62. The highest BCUT2D eigenvalue weighted by atomic mass is 16.5. The second-order valence-electron chi connectivity index (χ2n) is 8.68. The van der Waals surface area contributed by atoms with E-state index >= 15 is 0 Å². The van der Waals surface area contributed by atoms with Crippen molar-refractivity contribution in [1.29, 1.82) is 0 Å². The quantitative estimate of drug-likeness (QED) is 0.728. The van der Waals surface area contributed by atoms with Crippen molar-refractivity contribution in [3.63, 3.8) is 0 Å². The maximum Gasteiger partial charge on any atom is 0.339 e. The largest absolute Gasteiger partial charge is 0.462 e. The van der Waals surface area contributed by atoms with E-state index in [2.05, 4.69) is 16.8 Å². The summed E-state index contributed by atoms with van der Waals surface area (Å²) in [6.45, 7) is 7.21. The van der Waals surface area contributed by atoms with Crippen LogP contribution in [0.4, 0.5) is 0 Å². The molecule has 3 rings (SSSR count). The molecule has 0 radical (unpaired) electrons. The lowest BCUT2D eigenvalue weighted by atomic mass is 9.81. The molecule has 2 fully saturated rings. The van der Waals surface area contributed by atoms with Gasteiger partial charge in [-0.1, -0.05) is 19.3 Å². The zero-order valence-corrected chi connectivity index (χ0v) is 17.8. The first-order valence-electron chi connectivity index (χ1n) is 11.1. The summed E-state index contributed by atoms with van der Waals surface area (Å²) in [5.74, 6) is 0.798. The van der Waals surface area contributed by atoms with Crippen molar-refractivity contribution in [2.45, 2.75) is 91.1 Å². The molecule has 0 bridgehead atoms. The molecule has 5 heteroatoms. The summed E-state index contributed by atoms with van der Waals surface area (Å²) in [5.41, 5.74) is 2.78. The maximum absolute atomic E-state index is 12.6. The van der Waals surface area contributed by atoms with E-state index in [1.165, 1.54) is 19.3 Å². The van der Waals surface area contributed by atoms with Gasteiger partial charge in [0.15, 0.2) is 0 Å². The van der Waals surface area contributed by atoms with Gasteiger partial charge in [0.25, 0.3) is 0 Å². The van der Waals surface area contributed by atoms with Gasteiger partial charge < -0.3 is 14.6 Å². The van der Waals surface area contributed by atoms with Gasteiger partial charge in [0.2, 0.25) is 5.91 Å². The van der Waals surface area contributed by atoms with E-state index in [1.807, 2.05) is 19.9 Å². The Hall–Kier alpha value is -1.78. The first kappa shape index (κ1) is 20.9. The summed E-state index contributed by atoms with van der Waals surface area (Å²) in [4.78, 5) is 24.7. The number of rotatable bonds is 6. The average molecular weight is 389 g/mol. The molecule has 156 valence electrons. The SMILES string of the molecule is CCOC(=O)c1cc(C)n(CC2CCC(C(=O)NC3CCCCC3)CC2)c1C. The summed E-state index contributed by atoms with van der Waals surface area (Å²) in [5, 5.41) is 3.30. The first-order valence-corrected chi connectivity index (χ1v) is 11.1. The summed E-state index contributed by atoms with van der Waals surface area (Å²) >= 11 is 0. The van der Waals surface area contributed by atoms with Crippen LogP contribution in [0.2, 0.25) is 0 Å². The summed E-state index contributed by atoms with van der Waals surface area (Å²) in [6.07, 6.45) is 10.2. The lowest BCUT2D eigenvalue weighted by molar-refractivity contribution is -0.127. The molecule has 28 heavy (non-hydrogen) atoms. The zero-order valence-electron chi connectivity index (χ0n) is 17.8. The van der Waals surface area contributed by atoms with Gasteiger partial charge in [-0.2, -0.15) is 0 Å². The van der Waals surface area contributed by atoms with E-state index in [4.69, 9.17) is 4.74 Å². The Morgan fingerprint density at radius 2 is 1.75 bits per heavy atom. The lowest BCUT2D eigenvalue weighted by Gasteiger charge is -2.31. The normalized spacial score (nSPS) is 23.4. The fraction of sp³-hybridized carbons (Fsp3) is 0.739. The van der Waals surface area contributed by atoms with Crippen LogP contribution in [-0.2, 0) is 16.1 Å². The monoisotopic (exact) mass is 388 g/mol. The van der Waals surface area contributed by atoms with Crippen molar-refractivity contribution in [2.75, 3.05) is 6.61 Å². The minimum Gasteiger partial charge on any atom is -0.462 e. The van der Waals surface area contributed by atoms with Crippen molar-refractivity contribution >= 4 is 11.9 Å². The molecule has 1 heterocycles. The van der Waals surface area contributed by atoms with Crippen molar-refractivity contribution < 1.29 is 14.3 Å². The van der Waals surface area contributed by atoms with Gasteiger partial charge >= 0.3 is 5.97 Å². The predicted molar refractivity (Wildman–Crippen MR) is 110 cm³/mol. The Morgan fingerprint density at radius 1 is 1.07 bits per heavy atom. The van der Waals surface area contributed by atoms with Gasteiger partial charge in [-0.3, -0.25) is 4.79 Å². The van der Waals surface area contributed by atoms with Crippen LogP contribution in [-0.4, -0.2) is 29.1 Å². The number of carbonyl (C=O) groups is 2. The van der Waals surface area contributed by atoms with Crippen molar-refractivity contribution in [3.8, 4) is 0 Å². The van der Waals surface area contributed by atoms with Crippen LogP contribution >= 0.6 is 0 Å². The molecule has 0 atom stereocenters. The van der Waals surface area contributed by atoms with E-state index < -0.39 is 0 Å². The third-order valence-electron chi connectivity index (χ3n) is 6.68. The molecular weight excluding hydrogens is 352 g/mol. The molecule has 5 nitrogen and oxygen atoms in total. The first-order chi connectivity index (χ1) is 13.5. The van der Waals surface area contributed by atoms with E-state index in [0.717, 1.165) is 56.5 Å². The van der Waals surface area contributed by atoms with Crippen LogP contribution in [0.25, 0.3) is 0 Å². The van der Waals surface area contributed by atoms with E-state index in [9.17, 15) is 9.59 Å². The average Bonchev–Trinajstić information content (AvgIpc) is 2.98. The Labute approximate surface area is 169 Å². The van der Waals surface area contributed by atoms with Crippen LogP contribution in [0.5, 0.6) is 0 Å². The predicted octanol–water partition coefficient (Wildman–Crippen LogP) is 4.54. The summed E-state index contributed by atoms with van der Waals surface area (Å²) in [6, 6.07) is 2.35. The molecule has 0 saturated heterocycles. The van der Waals surface area contributed by atoms with Gasteiger partial charge in [-0.25, -0.2) is 4.79 Å². The molecule has 1 aromatic heterocycles.